The topological polar surface area (TPSA) is 45.8 Å². The maximum absolute atomic E-state index is 5.65. The molecular weight excluding hydrogens is 278 g/mol. The van der Waals surface area contributed by atoms with Crippen molar-refractivity contribution >= 4 is 0 Å². The van der Waals surface area contributed by atoms with E-state index in [0.29, 0.717) is 25.3 Å². The van der Waals surface area contributed by atoms with Crippen LogP contribution in [0.15, 0.2) is 0 Å². The molecule has 0 unspecified atom stereocenters. The molecule has 1 rings (SSSR count). The Labute approximate surface area is 137 Å². The fourth-order valence-electron chi connectivity index (χ4n) is 2.76. The van der Waals surface area contributed by atoms with E-state index < -0.39 is 0 Å². The van der Waals surface area contributed by atoms with E-state index in [2.05, 4.69) is 36.3 Å². The van der Waals surface area contributed by atoms with Gasteiger partial charge in [-0.15, -0.1) is 0 Å². The van der Waals surface area contributed by atoms with Crippen molar-refractivity contribution in [1.29, 1.82) is 0 Å². The van der Waals surface area contributed by atoms with E-state index >= 15 is 0 Å². The summed E-state index contributed by atoms with van der Waals surface area (Å²) in [7, 11) is 0. The molecular formula is C17H37N3O2. The fourth-order valence-corrected chi connectivity index (χ4v) is 2.76. The van der Waals surface area contributed by atoms with Gasteiger partial charge in [-0.25, -0.2) is 0 Å². The molecule has 0 aromatic rings. The minimum atomic E-state index is 0.594. The molecule has 0 bridgehead atoms. The maximum atomic E-state index is 5.65. The van der Waals surface area contributed by atoms with Crippen LogP contribution in [0.2, 0.25) is 0 Å². The van der Waals surface area contributed by atoms with E-state index in [-0.39, 0.29) is 0 Å². The largest absolute Gasteiger partial charge is 0.378 e. The first-order valence-corrected chi connectivity index (χ1v) is 9.07. The van der Waals surface area contributed by atoms with E-state index in [4.69, 9.17) is 9.47 Å². The van der Waals surface area contributed by atoms with Crippen LogP contribution in [0.25, 0.3) is 0 Å². The second-order valence-electron chi connectivity index (χ2n) is 6.41. The summed E-state index contributed by atoms with van der Waals surface area (Å²) in [6.45, 7) is 15.1. The van der Waals surface area contributed by atoms with Crippen LogP contribution in [0.4, 0.5) is 0 Å². The van der Waals surface area contributed by atoms with Gasteiger partial charge in [-0.1, -0.05) is 20.8 Å². The normalized spacial score (nSPS) is 17.5. The lowest BCUT2D eigenvalue weighted by Crippen LogP contribution is -2.45. The van der Waals surface area contributed by atoms with Crippen molar-refractivity contribution in [2.24, 2.45) is 0 Å². The molecule has 1 fully saturated rings. The van der Waals surface area contributed by atoms with Crippen molar-refractivity contribution in [1.82, 2.24) is 15.5 Å². The highest BCUT2D eigenvalue weighted by Crippen LogP contribution is 2.10. The second-order valence-corrected chi connectivity index (χ2v) is 6.41. The van der Waals surface area contributed by atoms with Crippen LogP contribution < -0.4 is 10.6 Å². The van der Waals surface area contributed by atoms with Crippen LogP contribution in [-0.2, 0) is 9.47 Å². The van der Waals surface area contributed by atoms with Crippen molar-refractivity contribution in [3.8, 4) is 0 Å². The molecule has 1 saturated heterocycles. The highest BCUT2D eigenvalue weighted by atomic mass is 16.5. The van der Waals surface area contributed by atoms with Gasteiger partial charge in [0, 0.05) is 25.2 Å². The van der Waals surface area contributed by atoms with E-state index in [1.165, 1.54) is 32.4 Å². The van der Waals surface area contributed by atoms with Gasteiger partial charge in [-0.2, -0.15) is 0 Å². The molecule has 0 spiro atoms. The van der Waals surface area contributed by atoms with Gasteiger partial charge in [0.1, 0.15) is 0 Å². The van der Waals surface area contributed by atoms with Crippen molar-refractivity contribution in [3.05, 3.63) is 0 Å². The number of rotatable bonds is 13. The molecule has 0 aromatic heterocycles. The number of likely N-dealkylation sites (tertiary alicyclic amines) is 1. The number of hydrogen-bond donors (Lipinski definition) is 2. The Kier molecular flexibility index (Phi) is 12.0. The van der Waals surface area contributed by atoms with Crippen LogP contribution >= 0.6 is 0 Å². The lowest BCUT2D eigenvalue weighted by Gasteiger charge is -2.33. The summed E-state index contributed by atoms with van der Waals surface area (Å²) < 4.78 is 11.2. The summed E-state index contributed by atoms with van der Waals surface area (Å²) in [6, 6.07) is 1.30. The second kappa shape index (κ2) is 13.3. The summed E-state index contributed by atoms with van der Waals surface area (Å²) in [5.74, 6) is 0. The molecule has 22 heavy (non-hydrogen) atoms. The van der Waals surface area contributed by atoms with Gasteiger partial charge in [-0.3, -0.25) is 0 Å². The summed E-state index contributed by atoms with van der Waals surface area (Å²) in [5, 5.41) is 6.95. The average Bonchev–Trinajstić information content (AvgIpc) is 2.50. The Morgan fingerprint density at radius 2 is 1.68 bits per heavy atom. The molecule has 0 aliphatic carbocycles. The van der Waals surface area contributed by atoms with Crippen LogP contribution in [-0.4, -0.2) is 76.1 Å². The molecule has 5 heteroatoms. The van der Waals surface area contributed by atoms with Gasteiger partial charge >= 0.3 is 0 Å². The van der Waals surface area contributed by atoms with E-state index in [0.717, 1.165) is 32.8 Å². The minimum Gasteiger partial charge on any atom is -0.378 e. The SMILES string of the molecule is CCCNCCOCCOCCN1CCC(NC(C)C)CC1. The third kappa shape index (κ3) is 10.5. The zero-order valence-corrected chi connectivity index (χ0v) is 14.9. The van der Waals surface area contributed by atoms with Gasteiger partial charge in [-0.05, 0) is 38.9 Å². The quantitative estimate of drug-likeness (QED) is 0.504. The molecule has 0 amide bonds. The first-order valence-electron chi connectivity index (χ1n) is 9.07. The summed E-state index contributed by atoms with van der Waals surface area (Å²) >= 11 is 0. The van der Waals surface area contributed by atoms with Gasteiger partial charge in [0.15, 0.2) is 0 Å². The predicted molar refractivity (Wildman–Crippen MR) is 92.5 cm³/mol. The maximum Gasteiger partial charge on any atom is 0.0701 e. The molecule has 5 nitrogen and oxygen atoms in total. The summed E-state index contributed by atoms with van der Waals surface area (Å²) in [6.07, 6.45) is 3.69. The first kappa shape index (κ1) is 19.8. The van der Waals surface area contributed by atoms with Gasteiger partial charge in [0.2, 0.25) is 0 Å². The van der Waals surface area contributed by atoms with E-state index in [9.17, 15) is 0 Å². The van der Waals surface area contributed by atoms with Crippen LogP contribution in [0.5, 0.6) is 0 Å². The Morgan fingerprint density at radius 3 is 2.32 bits per heavy atom. The minimum absolute atomic E-state index is 0.594. The van der Waals surface area contributed by atoms with Gasteiger partial charge < -0.3 is 25.0 Å². The molecule has 1 aliphatic rings. The smallest absolute Gasteiger partial charge is 0.0701 e. The van der Waals surface area contributed by atoms with Crippen LogP contribution in [0.3, 0.4) is 0 Å². The van der Waals surface area contributed by atoms with Crippen molar-refractivity contribution in [2.75, 3.05) is 59.2 Å². The fraction of sp³-hybridized carbons (Fsp3) is 1.00. The number of ether oxygens (including phenoxy) is 2. The first-order chi connectivity index (χ1) is 10.7. The molecule has 1 aliphatic heterocycles. The lowest BCUT2D eigenvalue weighted by molar-refractivity contribution is 0.0363. The van der Waals surface area contributed by atoms with Crippen LogP contribution in [0.1, 0.15) is 40.0 Å². The standard InChI is InChI=1S/C17H37N3O2/c1-4-7-18-8-12-21-14-15-22-13-11-20-9-5-17(6-10-20)19-16(2)3/h16-19H,4-15H2,1-3H3. The number of nitrogens with zero attached hydrogens (tertiary/aromatic N) is 1. The highest BCUT2D eigenvalue weighted by Gasteiger charge is 2.18. The van der Waals surface area contributed by atoms with Crippen molar-refractivity contribution < 1.29 is 9.47 Å². The number of hydrogen-bond acceptors (Lipinski definition) is 5. The number of nitrogens with one attached hydrogen (secondary N) is 2. The van der Waals surface area contributed by atoms with Crippen molar-refractivity contribution in [3.63, 3.8) is 0 Å². The van der Waals surface area contributed by atoms with Gasteiger partial charge in [0.25, 0.3) is 0 Å². The molecule has 1 heterocycles. The van der Waals surface area contributed by atoms with E-state index in [1.54, 1.807) is 0 Å². The average molecular weight is 316 g/mol. The zero-order valence-electron chi connectivity index (χ0n) is 14.9. The number of piperidine rings is 1. The molecule has 0 aromatic carbocycles. The molecule has 0 radical (unpaired) electrons. The van der Waals surface area contributed by atoms with E-state index in [1.807, 2.05) is 0 Å². The summed E-state index contributed by atoms with van der Waals surface area (Å²) in [4.78, 5) is 2.51. The Morgan fingerprint density at radius 1 is 1.00 bits per heavy atom. The predicted octanol–water partition coefficient (Wildman–Crippen LogP) is 1.48. The summed E-state index contributed by atoms with van der Waals surface area (Å²) in [5.41, 5.74) is 0. The highest BCUT2D eigenvalue weighted by molar-refractivity contribution is 4.78. The van der Waals surface area contributed by atoms with Crippen LogP contribution in [0, 0.1) is 0 Å². The van der Waals surface area contributed by atoms with Gasteiger partial charge in [0.05, 0.1) is 26.4 Å². The monoisotopic (exact) mass is 315 g/mol. The lowest BCUT2D eigenvalue weighted by atomic mass is 10.0. The Bertz CT molecular complexity index is 244. The molecule has 0 atom stereocenters. The van der Waals surface area contributed by atoms with Crippen molar-refractivity contribution in [2.45, 2.75) is 52.1 Å². The molecule has 2 N–H and O–H groups in total. The third-order valence-corrected chi connectivity index (χ3v) is 3.93. The molecule has 0 saturated carbocycles. The third-order valence-electron chi connectivity index (χ3n) is 3.93. The zero-order chi connectivity index (χ0) is 16.0. The Hall–Kier alpha value is -0.200. The Balaban J connectivity index is 1.84. The molecule has 132 valence electrons.